The lowest BCUT2D eigenvalue weighted by atomic mass is 10.2. The van der Waals surface area contributed by atoms with E-state index in [0.717, 1.165) is 12.1 Å². The summed E-state index contributed by atoms with van der Waals surface area (Å²) in [6.45, 7) is 1.35. The number of aromatic hydroxyl groups is 1. The Kier molecular flexibility index (Phi) is 4.09. The van der Waals surface area contributed by atoms with Gasteiger partial charge < -0.3 is 15.2 Å². The molecule has 1 aromatic heterocycles. The molecule has 94 valence electrons. The van der Waals surface area contributed by atoms with Gasteiger partial charge in [-0.3, -0.25) is 0 Å². The topological polar surface area (TPSA) is 67.3 Å². The summed E-state index contributed by atoms with van der Waals surface area (Å²) in [4.78, 5) is 8.40. The molecule has 18 heavy (non-hydrogen) atoms. The van der Waals surface area contributed by atoms with Crippen molar-refractivity contribution in [1.29, 1.82) is 0 Å². The molecule has 0 saturated carbocycles. The maximum atomic E-state index is 9.39. The highest BCUT2D eigenvalue weighted by Gasteiger charge is 2.02. The number of benzene rings is 1. The Labute approximate surface area is 105 Å². The SMILES string of the molecule is CNCCOc1cnc(-c2cccc(O)c2)nc1. The first-order valence-electron chi connectivity index (χ1n) is 5.68. The van der Waals surface area contributed by atoms with Crippen LogP contribution in [0.2, 0.25) is 0 Å². The standard InChI is InChI=1S/C13H15N3O2/c1-14-5-6-18-12-8-15-13(16-9-12)10-3-2-4-11(17)7-10/h2-4,7-9,14,17H,5-6H2,1H3. The first-order valence-corrected chi connectivity index (χ1v) is 5.68. The quantitative estimate of drug-likeness (QED) is 0.780. The molecule has 0 amide bonds. The summed E-state index contributed by atoms with van der Waals surface area (Å²) in [6, 6.07) is 6.83. The largest absolute Gasteiger partial charge is 0.508 e. The molecule has 2 rings (SSSR count). The van der Waals surface area contributed by atoms with Gasteiger partial charge in [0.25, 0.3) is 0 Å². The third kappa shape index (κ3) is 3.18. The van der Waals surface area contributed by atoms with Crippen molar-refractivity contribution >= 4 is 0 Å². The van der Waals surface area contributed by atoms with E-state index in [1.807, 2.05) is 13.1 Å². The van der Waals surface area contributed by atoms with Gasteiger partial charge in [0.1, 0.15) is 12.4 Å². The van der Waals surface area contributed by atoms with Gasteiger partial charge in [0.2, 0.25) is 0 Å². The van der Waals surface area contributed by atoms with Crippen molar-refractivity contribution < 1.29 is 9.84 Å². The molecule has 2 N–H and O–H groups in total. The molecule has 0 bridgehead atoms. The van der Waals surface area contributed by atoms with E-state index in [1.165, 1.54) is 0 Å². The molecular weight excluding hydrogens is 230 g/mol. The van der Waals surface area contributed by atoms with Gasteiger partial charge in [0, 0.05) is 12.1 Å². The lowest BCUT2D eigenvalue weighted by Gasteiger charge is -2.05. The van der Waals surface area contributed by atoms with Crippen LogP contribution in [-0.2, 0) is 0 Å². The van der Waals surface area contributed by atoms with Crippen LogP contribution in [0.15, 0.2) is 36.7 Å². The molecule has 1 heterocycles. The van der Waals surface area contributed by atoms with Crippen molar-refractivity contribution in [3.05, 3.63) is 36.7 Å². The third-order valence-corrected chi connectivity index (χ3v) is 2.35. The Morgan fingerprint density at radius 2 is 2.06 bits per heavy atom. The summed E-state index contributed by atoms with van der Waals surface area (Å²) in [7, 11) is 1.87. The van der Waals surface area contributed by atoms with Crippen LogP contribution in [0.3, 0.4) is 0 Å². The van der Waals surface area contributed by atoms with Crippen LogP contribution < -0.4 is 10.1 Å². The Bertz CT molecular complexity index is 500. The summed E-state index contributed by atoms with van der Waals surface area (Å²) in [5, 5.41) is 12.4. The third-order valence-electron chi connectivity index (χ3n) is 2.35. The van der Waals surface area contributed by atoms with Crippen molar-refractivity contribution in [2.45, 2.75) is 0 Å². The van der Waals surface area contributed by atoms with Gasteiger partial charge in [-0.15, -0.1) is 0 Å². The summed E-state index contributed by atoms with van der Waals surface area (Å²) >= 11 is 0. The molecule has 0 atom stereocenters. The van der Waals surface area contributed by atoms with Crippen molar-refractivity contribution in [3.63, 3.8) is 0 Å². The summed E-state index contributed by atoms with van der Waals surface area (Å²) in [6.07, 6.45) is 3.25. The van der Waals surface area contributed by atoms with E-state index < -0.39 is 0 Å². The zero-order chi connectivity index (χ0) is 12.8. The maximum Gasteiger partial charge on any atom is 0.159 e. The second-order valence-electron chi connectivity index (χ2n) is 3.74. The molecular formula is C13H15N3O2. The smallest absolute Gasteiger partial charge is 0.159 e. The van der Waals surface area contributed by atoms with Crippen LogP contribution in [0.4, 0.5) is 0 Å². The Morgan fingerprint density at radius 1 is 1.28 bits per heavy atom. The van der Waals surface area contributed by atoms with E-state index in [4.69, 9.17) is 4.74 Å². The average molecular weight is 245 g/mol. The highest BCUT2D eigenvalue weighted by Crippen LogP contribution is 2.20. The van der Waals surface area contributed by atoms with Crippen LogP contribution >= 0.6 is 0 Å². The maximum absolute atomic E-state index is 9.39. The lowest BCUT2D eigenvalue weighted by molar-refractivity contribution is 0.316. The average Bonchev–Trinajstić information content (AvgIpc) is 2.40. The van der Waals surface area contributed by atoms with E-state index >= 15 is 0 Å². The van der Waals surface area contributed by atoms with Crippen molar-refractivity contribution in [3.8, 4) is 22.9 Å². The van der Waals surface area contributed by atoms with Gasteiger partial charge in [0.05, 0.1) is 12.4 Å². The fourth-order valence-corrected chi connectivity index (χ4v) is 1.46. The minimum Gasteiger partial charge on any atom is -0.508 e. The molecule has 0 saturated heterocycles. The number of likely N-dealkylation sites (N-methyl/N-ethyl adjacent to an activating group) is 1. The fraction of sp³-hybridized carbons (Fsp3) is 0.231. The molecule has 5 nitrogen and oxygen atoms in total. The van der Waals surface area contributed by atoms with Gasteiger partial charge in [-0.2, -0.15) is 0 Å². The Morgan fingerprint density at radius 3 is 2.72 bits per heavy atom. The minimum absolute atomic E-state index is 0.199. The molecule has 2 aromatic rings. The van der Waals surface area contributed by atoms with E-state index in [9.17, 15) is 5.11 Å². The number of rotatable bonds is 5. The second kappa shape index (κ2) is 5.97. The predicted molar refractivity (Wildman–Crippen MR) is 68.6 cm³/mol. The zero-order valence-corrected chi connectivity index (χ0v) is 10.1. The number of hydrogen-bond acceptors (Lipinski definition) is 5. The molecule has 1 aromatic carbocycles. The molecule has 0 aliphatic rings. The highest BCUT2D eigenvalue weighted by atomic mass is 16.5. The lowest BCUT2D eigenvalue weighted by Crippen LogP contribution is -2.16. The normalized spacial score (nSPS) is 10.3. The molecule has 0 aliphatic heterocycles. The monoisotopic (exact) mass is 245 g/mol. The van der Waals surface area contributed by atoms with Crippen LogP contribution in [0.25, 0.3) is 11.4 Å². The summed E-state index contributed by atoms with van der Waals surface area (Å²) < 4.78 is 5.42. The fourth-order valence-electron chi connectivity index (χ4n) is 1.46. The molecule has 5 heteroatoms. The van der Waals surface area contributed by atoms with Crippen molar-refractivity contribution in [1.82, 2.24) is 15.3 Å². The van der Waals surface area contributed by atoms with Crippen LogP contribution in [0, 0.1) is 0 Å². The first kappa shape index (κ1) is 12.3. The Balaban J connectivity index is 2.07. The number of ether oxygens (including phenoxy) is 1. The number of phenolic OH excluding ortho intramolecular Hbond substituents is 1. The van der Waals surface area contributed by atoms with E-state index in [2.05, 4.69) is 15.3 Å². The molecule has 0 radical (unpaired) electrons. The van der Waals surface area contributed by atoms with Crippen LogP contribution in [-0.4, -0.2) is 35.3 Å². The highest BCUT2D eigenvalue weighted by molar-refractivity contribution is 5.57. The second-order valence-corrected chi connectivity index (χ2v) is 3.74. The minimum atomic E-state index is 0.199. The predicted octanol–water partition coefficient (Wildman–Crippen LogP) is 1.45. The number of hydrogen-bond donors (Lipinski definition) is 2. The number of nitrogens with one attached hydrogen (secondary N) is 1. The van der Waals surface area contributed by atoms with Crippen LogP contribution in [0.1, 0.15) is 0 Å². The molecule has 0 unspecified atom stereocenters. The Hall–Kier alpha value is -2.14. The number of aromatic nitrogens is 2. The molecule has 0 spiro atoms. The number of nitrogens with zero attached hydrogens (tertiary/aromatic N) is 2. The molecule has 0 fully saturated rings. The first-order chi connectivity index (χ1) is 8.79. The summed E-state index contributed by atoms with van der Waals surface area (Å²) in [5.74, 6) is 1.39. The summed E-state index contributed by atoms with van der Waals surface area (Å²) in [5.41, 5.74) is 0.775. The van der Waals surface area contributed by atoms with E-state index in [-0.39, 0.29) is 5.75 Å². The van der Waals surface area contributed by atoms with E-state index in [0.29, 0.717) is 18.2 Å². The van der Waals surface area contributed by atoms with Gasteiger partial charge in [0.15, 0.2) is 11.6 Å². The van der Waals surface area contributed by atoms with Gasteiger partial charge in [-0.05, 0) is 19.2 Å². The van der Waals surface area contributed by atoms with Crippen LogP contribution in [0.5, 0.6) is 11.5 Å². The number of phenols is 1. The van der Waals surface area contributed by atoms with E-state index in [1.54, 1.807) is 30.6 Å². The van der Waals surface area contributed by atoms with Gasteiger partial charge in [-0.25, -0.2) is 9.97 Å². The molecule has 0 aliphatic carbocycles. The van der Waals surface area contributed by atoms with Crippen molar-refractivity contribution in [2.24, 2.45) is 0 Å². The zero-order valence-electron chi connectivity index (χ0n) is 10.1. The van der Waals surface area contributed by atoms with Gasteiger partial charge >= 0.3 is 0 Å². The van der Waals surface area contributed by atoms with Gasteiger partial charge in [-0.1, -0.05) is 12.1 Å². The van der Waals surface area contributed by atoms with Crippen molar-refractivity contribution in [2.75, 3.05) is 20.2 Å².